The van der Waals surface area contributed by atoms with E-state index >= 15 is 0 Å². The van der Waals surface area contributed by atoms with Gasteiger partial charge in [-0.1, -0.05) is 0 Å². The topological polar surface area (TPSA) is 102 Å². The van der Waals surface area contributed by atoms with Crippen LogP contribution in [0.25, 0.3) is 0 Å². The van der Waals surface area contributed by atoms with E-state index in [0.717, 1.165) is 0 Å². The smallest absolute Gasteiger partial charge is 0.321 e. The zero-order valence-corrected chi connectivity index (χ0v) is 11.6. The molecule has 1 atom stereocenters. The van der Waals surface area contributed by atoms with Crippen LogP contribution >= 0.6 is 0 Å². The van der Waals surface area contributed by atoms with Crippen molar-refractivity contribution in [2.24, 2.45) is 0 Å². The van der Waals surface area contributed by atoms with Crippen LogP contribution in [-0.2, 0) is 14.8 Å². The van der Waals surface area contributed by atoms with Crippen molar-refractivity contribution in [1.82, 2.24) is 4.72 Å². The van der Waals surface area contributed by atoms with Gasteiger partial charge in [-0.25, -0.2) is 8.42 Å². The van der Waals surface area contributed by atoms with E-state index in [1.165, 1.54) is 25.1 Å². The second kappa shape index (κ2) is 5.68. The molecular weight excluding hydrogens is 286 g/mol. The molecule has 0 fully saturated rings. The quantitative estimate of drug-likeness (QED) is 0.844. The van der Waals surface area contributed by atoms with Gasteiger partial charge in [0.05, 0.1) is 18.1 Å². The third kappa shape index (κ3) is 3.20. The Kier molecular flexibility index (Phi) is 4.15. The van der Waals surface area contributed by atoms with Crippen molar-refractivity contribution in [2.45, 2.75) is 24.3 Å². The number of hydrogen-bond donors (Lipinski definition) is 2. The number of aliphatic carboxylic acids is 1. The summed E-state index contributed by atoms with van der Waals surface area (Å²) < 4.78 is 37.0. The number of carboxylic acid groups (broad SMARTS) is 1. The number of nitrogens with one attached hydrogen (secondary N) is 1. The zero-order valence-electron chi connectivity index (χ0n) is 10.8. The Morgan fingerprint density at radius 2 is 1.95 bits per heavy atom. The second-order valence-corrected chi connectivity index (χ2v) is 6.05. The Morgan fingerprint density at radius 1 is 1.30 bits per heavy atom. The first-order valence-corrected chi connectivity index (χ1v) is 7.53. The van der Waals surface area contributed by atoms with Crippen molar-refractivity contribution in [3.8, 4) is 11.5 Å². The number of fused-ring (bicyclic) bond motifs is 1. The molecule has 2 N–H and O–H groups in total. The van der Waals surface area contributed by atoms with E-state index in [9.17, 15) is 13.2 Å². The van der Waals surface area contributed by atoms with E-state index in [4.69, 9.17) is 14.6 Å². The van der Waals surface area contributed by atoms with Crippen molar-refractivity contribution >= 4 is 16.0 Å². The van der Waals surface area contributed by atoms with Crippen LogP contribution in [0.3, 0.4) is 0 Å². The fourth-order valence-corrected chi connectivity index (χ4v) is 2.87. The molecule has 110 valence electrons. The van der Waals surface area contributed by atoms with Gasteiger partial charge in [-0.15, -0.1) is 0 Å². The van der Waals surface area contributed by atoms with Crippen LogP contribution in [0, 0.1) is 0 Å². The highest BCUT2D eigenvalue weighted by Gasteiger charge is 2.23. The molecule has 7 nitrogen and oxygen atoms in total. The zero-order chi connectivity index (χ0) is 14.8. The molecule has 0 aliphatic carbocycles. The first-order valence-electron chi connectivity index (χ1n) is 6.05. The lowest BCUT2D eigenvalue weighted by molar-refractivity contribution is -0.138. The maximum Gasteiger partial charge on any atom is 0.321 e. The summed E-state index contributed by atoms with van der Waals surface area (Å²) in [6, 6.07) is 2.97. The van der Waals surface area contributed by atoms with Crippen LogP contribution in [-0.4, -0.2) is 38.7 Å². The third-order valence-electron chi connectivity index (χ3n) is 2.73. The third-order valence-corrected chi connectivity index (χ3v) is 4.27. The Labute approximate surface area is 116 Å². The average Bonchev–Trinajstić information content (AvgIpc) is 2.62. The number of hydrogen-bond acceptors (Lipinski definition) is 5. The summed E-state index contributed by atoms with van der Waals surface area (Å²) in [6.07, 6.45) is 0.713. The average molecular weight is 301 g/mol. The number of carbonyl (C=O) groups is 1. The molecule has 0 bridgehead atoms. The van der Waals surface area contributed by atoms with E-state index in [1.54, 1.807) is 0 Å². The summed E-state index contributed by atoms with van der Waals surface area (Å²) in [5.74, 6) is -0.427. The molecule has 0 saturated heterocycles. The highest BCUT2D eigenvalue weighted by Crippen LogP contribution is 2.31. The standard InChI is InChI=1S/C12H15NO6S/c1-8(12(14)15)13-20(16,17)9-3-4-10-11(7-9)19-6-2-5-18-10/h3-4,7-8,13H,2,5-6H2,1H3,(H,14,15)/t8-/m0/s1. The minimum absolute atomic E-state index is 0.0603. The van der Waals surface area contributed by atoms with Crippen LogP contribution in [0.15, 0.2) is 23.1 Å². The lowest BCUT2D eigenvalue weighted by Gasteiger charge is -2.12. The molecule has 0 amide bonds. The van der Waals surface area contributed by atoms with Gasteiger partial charge in [0.2, 0.25) is 10.0 Å². The molecule has 0 spiro atoms. The highest BCUT2D eigenvalue weighted by atomic mass is 32.2. The molecule has 1 aromatic carbocycles. The van der Waals surface area contributed by atoms with E-state index < -0.39 is 22.0 Å². The summed E-state index contributed by atoms with van der Waals surface area (Å²) >= 11 is 0. The van der Waals surface area contributed by atoms with Gasteiger partial charge >= 0.3 is 5.97 Å². The summed E-state index contributed by atoms with van der Waals surface area (Å²) in [5, 5.41) is 8.75. The van der Waals surface area contributed by atoms with E-state index in [-0.39, 0.29) is 4.90 Å². The molecule has 0 aromatic heterocycles. The van der Waals surface area contributed by atoms with E-state index in [2.05, 4.69) is 4.72 Å². The number of sulfonamides is 1. The second-order valence-electron chi connectivity index (χ2n) is 4.34. The lowest BCUT2D eigenvalue weighted by Crippen LogP contribution is -2.38. The highest BCUT2D eigenvalue weighted by molar-refractivity contribution is 7.89. The Balaban J connectivity index is 2.28. The van der Waals surface area contributed by atoms with Crippen LogP contribution < -0.4 is 14.2 Å². The van der Waals surface area contributed by atoms with Gasteiger partial charge in [0.25, 0.3) is 0 Å². The fourth-order valence-electron chi connectivity index (χ4n) is 1.66. The molecule has 0 saturated carbocycles. The van der Waals surface area contributed by atoms with Crippen LogP contribution in [0.1, 0.15) is 13.3 Å². The largest absolute Gasteiger partial charge is 0.490 e. The summed E-state index contributed by atoms with van der Waals surface area (Å²) in [6.45, 7) is 2.20. The van der Waals surface area contributed by atoms with E-state index in [0.29, 0.717) is 31.1 Å². The van der Waals surface area contributed by atoms with Crippen LogP contribution in [0.4, 0.5) is 0 Å². The van der Waals surface area contributed by atoms with Gasteiger partial charge in [-0.3, -0.25) is 4.79 Å². The first kappa shape index (κ1) is 14.6. The summed E-state index contributed by atoms with van der Waals surface area (Å²) in [4.78, 5) is 10.7. The van der Waals surface area contributed by atoms with Gasteiger partial charge in [-0.2, -0.15) is 4.72 Å². The minimum atomic E-state index is -3.92. The Morgan fingerprint density at radius 3 is 2.60 bits per heavy atom. The predicted molar refractivity (Wildman–Crippen MR) is 69.5 cm³/mol. The summed E-state index contributed by atoms with van der Waals surface area (Å²) in [5.41, 5.74) is 0. The minimum Gasteiger partial charge on any atom is -0.490 e. The van der Waals surface area contributed by atoms with Crippen molar-refractivity contribution in [1.29, 1.82) is 0 Å². The molecule has 1 aliphatic heterocycles. The molecule has 0 radical (unpaired) electrons. The Hall–Kier alpha value is -1.80. The van der Waals surface area contributed by atoms with Gasteiger partial charge in [0, 0.05) is 12.5 Å². The molecule has 1 aromatic rings. The normalized spacial score (nSPS) is 16.2. The SMILES string of the molecule is C[C@H](NS(=O)(=O)c1ccc2c(c1)OCCCO2)C(=O)O. The van der Waals surface area contributed by atoms with Gasteiger partial charge in [0.1, 0.15) is 6.04 Å². The fraction of sp³-hybridized carbons (Fsp3) is 0.417. The number of rotatable bonds is 4. The molecule has 8 heteroatoms. The van der Waals surface area contributed by atoms with Gasteiger partial charge < -0.3 is 14.6 Å². The van der Waals surface area contributed by atoms with Crippen LogP contribution in [0.2, 0.25) is 0 Å². The number of ether oxygens (including phenoxy) is 2. The van der Waals surface area contributed by atoms with Crippen molar-refractivity contribution in [3.05, 3.63) is 18.2 Å². The maximum absolute atomic E-state index is 12.0. The van der Waals surface area contributed by atoms with Gasteiger partial charge in [-0.05, 0) is 19.1 Å². The van der Waals surface area contributed by atoms with E-state index in [1.807, 2.05) is 0 Å². The monoisotopic (exact) mass is 301 g/mol. The predicted octanol–water partition coefficient (Wildman–Crippen LogP) is 0.599. The maximum atomic E-state index is 12.0. The summed E-state index contributed by atoms with van der Waals surface area (Å²) in [7, 11) is -3.92. The first-order chi connectivity index (χ1) is 9.40. The number of benzene rings is 1. The molecular formula is C12H15NO6S. The number of carboxylic acids is 1. The molecule has 20 heavy (non-hydrogen) atoms. The Bertz CT molecular complexity index is 612. The van der Waals surface area contributed by atoms with Crippen molar-refractivity contribution in [3.63, 3.8) is 0 Å². The van der Waals surface area contributed by atoms with Gasteiger partial charge in [0.15, 0.2) is 11.5 Å². The molecule has 1 heterocycles. The molecule has 0 unspecified atom stereocenters. The molecule has 1 aliphatic rings. The van der Waals surface area contributed by atoms with Crippen molar-refractivity contribution < 1.29 is 27.8 Å². The lowest BCUT2D eigenvalue weighted by atomic mass is 10.3. The van der Waals surface area contributed by atoms with Crippen LogP contribution in [0.5, 0.6) is 11.5 Å². The molecule has 2 rings (SSSR count). The van der Waals surface area contributed by atoms with Crippen molar-refractivity contribution in [2.75, 3.05) is 13.2 Å².